The summed E-state index contributed by atoms with van der Waals surface area (Å²) in [7, 11) is 1.54. The lowest BCUT2D eigenvalue weighted by atomic mass is 10.0. The SMILES string of the molecule is COc1ccc(C)cc1C(=O)NCC1(O)CCNC1. The minimum atomic E-state index is -0.841. The van der Waals surface area contributed by atoms with Crippen molar-refractivity contribution in [3.05, 3.63) is 29.3 Å². The number of rotatable bonds is 4. The highest BCUT2D eigenvalue weighted by Crippen LogP contribution is 2.20. The molecule has 1 fully saturated rings. The minimum absolute atomic E-state index is 0.221. The Balaban J connectivity index is 2.05. The van der Waals surface area contributed by atoms with Crippen molar-refractivity contribution >= 4 is 5.91 Å². The predicted octanol–water partition coefficient (Wildman–Crippen LogP) is 0.458. The number of carbonyl (C=O) groups is 1. The summed E-state index contributed by atoms with van der Waals surface area (Å²) >= 11 is 0. The third-order valence-corrected chi connectivity index (χ3v) is 3.40. The number of hydrogen-bond donors (Lipinski definition) is 3. The van der Waals surface area contributed by atoms with E-state index in [4.69, 9.17) is 4.74 Å². The molecular formula is C14H20N2O3. The van der Waals surface area contributed by atoms with Crippen LogP contribution in [0.4, 0.5) is 0 Å². The number of aryl methyl sites for hydroxylation is 1. The van der Waals surface area contributed by atoms with Gasteiger partial charge in [0, 0.05) is 13.1 Å². The van der Waals surface area contributed by atoms with Crippen LogP contribution in [0.3, 0.4) is 0 Å². The molecule has 0 aromatic heterocycles. The minimum Gasteiger partial charge on any atom is -0.496 e. The second kappa shape index (κ2) is 5.59. The number of methoxy groups -OCH3 is 1. The molecule has 0 bridgehead atoms. The summed E-state index contributed by atoms with van der Waals surface area (Å²) in [6, 6.07) is 5.45. The van der Waals surface area contributed by atoms with Gasteiger partial charge in [0.25, 0.3) is 5.91 Å². The average molecular weight is 264 g/mol. The van der Waals surface area contributed by atoms with E-state index >= 15 is 0 Å². The Kier molecular flexibility index (Phi) is 4.07. The van der Waals surface area contributed by atoms with Crippen LogP contribution in [0.2, 0.25) is 0 Å². The number of nitrogens with one attached hydrogen (secondary N) is 2. The van der Waals surface area contributed by atoms with Gasteiger partial charge in [0.05, 0.1) is 18.3 Å². The Morgan fingerprint density at radius 3 is 3.00 bits per heavy atom. The molecule has 5 heteroatoms. The van der Waals surface area contributed by atoms with Gasteiger partial charge in [0.15, 0.2) is 0 Å². The van der Waals surface area contributed by atoms with E-state index in [1.165, 1.54) is 7.11 Å². The molecule has 3 N–H and O–H groups in total. The zero-order valence-corrected chi connectivity index (χ0v) is 11.3. The Hall–Kier alpha value is -1.59. The maximum atomic E-state index is 12.2. The summed E-state index contributed by atoms with van der Waals surface area (Å²) in [5.74, 6) is 0.320. The molecule has 0 aliphatic carbocycles. The van der Waals surface area contributed by atoms with Crippen LogP contribution in [-0.4, -0.2) is 43.4 Å². The van der Waals surface area contributed by atoms with Gasteiger partial charge in [0.2, 0.25) is 0 Å². The Labute approximate surface area is 113 Å². The lowest BCUT2D eigenvalue weighted by Crippen LogP contribution is -2.44. The second-order valence-corrected chi connectivity index (χ2v) is 5.04. The third-order valence-electron chi connectivity index (χ3n) is 3.40. The molecule has 1 unspecified atom stereocenters. The summed E-state index contributed by atoms with van der Waals surface area (Å²) in [4.78, 5) is 12.2. The van der Waals surface area contributed by atoms with Crippen molar-refractivity contribution in [2.75, 3.05) is 26.7 Å². The second-order valence-electron chi connectivity index (χ2n) is 5.04. The molecule has 1 amide bonds. The van der Waals surface area contributed by atoms with Gasteiger partial charge in [0.1, 0.15) is 5.75 Å². The average Bonchev–Trinajstić information content (AvgIpc) is 2.83. The van der Waals surface area contributed by atoms with Gasteiger partial charge in [-0.3, -0.25) is 4.79 Å². The molecule has 1 aliphatic heterocycles. The van der Waals surface area contributed by atoms with Crippen LogP contribution in [0, 0.1) is 6.92 Å². The molecule has 19 heavy (non-hydrogen) atoms. The van der Waals surface area contributed by atoms with Crippen LogP contribution in [0.5, 0.6) is 5.75 Å². The standard InChI is InChI=1S/C14H20N2O3/c1-10-3-4-12(19-2)11(7-10)13(17)16-9-14(18)5-6-15-8-14/h3-4,7,15,18H,5-6,8-9H2,1-2H3,(H,16,17). The fourth-order valence-corrected chi connectivity index (χ4v) is 2.22. The fourth-order valence-electron chi connectivity index (χ4n) is 2.22. The topological polar surface area (TPSA) is 70.6 Å². The highest BCUT2D eigenvalue weighted by atomic mass is 16.5. The van der Waals surface area contributed by atoms with Crippen molar-refractivity contribution in [3.8, 4) is 5.75 Å². The van der Waals surface area contributed by atoms with Crippen LogP contribution in [-0.2, 0) is 0 Å². The summed E-state index contributed by atoms with van der Waals surface area (Å²) in [5, 5.41) is 16.0. The van der Waals surface area contributed by atoms with Crippen LogP contribution in [0.25, 0.3) is 0 Å². The number of ether oxygens (including phenoxy) is 1. The first-order chi connectivity index (χ1) is 9.04. The molecule has 1 aromatic rings. The summed E-state index contributed by atoms with van der Waals surface area (Å²) in [5.41, 5.74) is 0.649. The first-order valence-electron chi connectivity index (χ1n) is 6.40. The Morgan fingerprint density at radius 2 is 2.37 bits per heavy atom. The van der Waals surface area contributed by atoms with Crippen molar-refractivity contribution in [1.29, 1.82) is 0 Å². The maximum Gasteiger partial charge on any atom is 0.255 e. The van der Waals surface area contributed by atoms with E-state index in [-0.39, 0.29) is 12.5 Å². The molecule has 1 aromatic carbocycles. The van der Waals surface area contributed by atoms with E-state index < -0.39 is 5.60 Å². The first-order valence-corrected chi connectivity index (χ1v) is 6.40. The normalized spacial score (nSPS) is 22.3. The van der Waals surface area contributed by atoms with Crippen molar-refractivity contribution in [2.24, 2.45) is 0 Å². The summed E-state index contributed by atoms with van der Waals surface area (Å²) in [6.07, 6.45) is 0.651. The van der Waals surface area contributed by atoms with Gasteiger partial charge in [-0.1, -0.05) is 11.6 Å². The lowest BCUT2D eigenvalue weighted by molar-refractivity contribution is 0.0561. The van der Waals surface area contributed by atoms with Crippen molar-refractivity contribution < 1.29 is 14.6 Å². The van der Waals surface area contributed by atoms with Gasteiger partial charge in [-0.15, -0.1) is 0 Å². The van der Waals surface area contributed by atoms with Crippen LogP contribution >= 0.6 is 0 Å². The summed E-state index contributed by atoms with van der Waals surface area (Å²) < 4.78 is 5.18. The van der Waals surface area contributed by atoms with Crippen LogP contribution < -0.4 is 15.4 Å². The number of hydrogen-bond acceptors (Lipinski definition) is 4. The van der Waals surface area contributed by atoms with E-state index in [0.717, 1.165) is 12.1 Å². The number of carbonyl (C=O) groups excluding carboxylic acids is 1. The van der Waals surface area contributed by atoms with Crippen LogP contribution in [0.15, 0.2) is 18.2 Å². The smallest absolute Gasteiger partial charge is 0.255 e. The van der Waals surface area contributed by atoms with Gasteiger partial charge >= 0.3 is 0 Å². The molecule has 1 aliphatic rings. The first kappa shape index (κ1) is 13.8. The molecule has 1 heterocycles. The number of amides is 1. The number of β-amino-alcohol motifs (C(OH)–C–C–N with tert-alkyl or cyclic N) is 1. The van der Waals surface area contributed by atoms with Gasteiger partial charge in [-0.2, -0.15) is 0 Å². The van der Waals surface area contributed by atoms with E-state index in [9.17, 15) is 9.90 Å². The molecule has 0 spiro atoms. The molecule has 0 radical (unpaired) electrons. The maximum absolute atomic E-state index is 12.2. The molecule has 104 valence electrons. The zero-order chi connectivity index (χ0) is 13.9. The highest BCUT2D eigenvalue weighted by molar-refractivity contribution is 5.97. The third kappa shape index (κ3) is 3.24. The van der Waals surface area contributed by atoms with Gasteiger partial charge in [-0.25, -0.2) is 0 Å². The van der Waals surface area contributed by atoms with Gasteiger partial charge < -0.3 is 20.5 Å². The molecular weight excluding hydrogens is 244 g/mol. The van der Waals surface area contributed by atoms with Crippen LogP contribution in [0.1, 0.15) is 22.3 Å². The molecule has 5 nitrogen and oxygen atoms in total. The zero-order valence-electron chi connectivity index (χ0n) is 11.3. The highest BCUT2D eigenvalue weighted by Gasteiger charge is 2.31. The number of benzene rings is 1. The molecule has 0 saturated carbocycles. The van der Waals surface area contributed by atoms with E-state index in [2.05, 4.69) is 10.6 Å². The van der Waals surface area contributed by atoms with Crippen molar-refractivity contribution in [3.63, 3.8) is 0 Å². The Bertz CT molecular complexity index is 468. The summed E-state index contributed by atoms with van der Waals surface area (Å²) in [6.45, 7) is 3.46. The predicted molar refractivity (Wildman–Crippen MR) is 72.5 cm³/mol. The monoisotopic (exact) mass is 264 g/mol. The van der Waals surface area contributed by atoms with Crippen molar-refractivity contribution in [2.45, 2.75) is 18.9 Å². The number of aliphatic hydroxyl groups is 1. The molecule has 1 atom stereocenters. The largest absolute Gasteiger partial charge is 0.496 e. The van der Waals surface area contributed by atoms with E-state index in [1.807, 2.05) is 13.0 Å². The quantitative estimate of drug-likeness (QED) is 0.739. The fraction of sp³-hybridized carbons (Fsp3) is 0.500. The van der Waals surface area contributed by atoms with Crippen molar-refractivity contribution in [1.82, 2.24) is 10.6 Å². The lowest BCUT2D eigenvalue weighted by Gasteiger charge is -2.21. The molecule has 1 saturated heterocycles. The van der Waals surface area contributed by atoms with Gasteiger partial charge in [-0.05, 0) is 32.0 Å². The molecule has 2 rings (SSSR count). The van der Waals surface area contributed by atoms with E-state index in [1.54, 1.807) is 12.1 Å². The Morgan fingerprint density at radius 1 is 1.58 bits per heavy atom. The van der Waals surface area contributed by atoms with E-state index in [0.29, 0.717) is 24.3 Å².